The highest BCUT2D eigenvalue weighted by molar-refractivity contribution is 7.80. The van der Waals surface area contributed by atoms with Gasteiger partial charge in [0.25, 0.3) is 0 Å². The van der Waals surface area contributed by atoms with E-state index in [2.05, 4.69) is 10.2 Å². The van der Waals surface area contributed by atoms with Crippen LogP contribution in [0.3, 0.4) is 0 Å². The number of ether oxygens (including phenoxy) is 1. The van der Waals surface area contributed by atoms with E-state index >= 15 is 0 Å². The summed E-state index contributed by atoms with van der Waals surface area (Å²) in [4.78, 5) is 2.41. The second-order valence-corrected chi connectivity index (χ2v) is 6.27. The lowest BCUT2D eigenvalue weighted by Gasteiger charge is -2.40. The molecule has 2 atom stereocenters. The van der Waals surface area contributed by atoms with Crippen molar-refractivity contribution < 1.29 is 4.74 Å². The van der Waals surface area contributed by atoms with Crippen LogP contribution in [0.25, 0.3) is 0 Å². The fourth-order valence-corrected chi connectivity index (χ4v) is 4.08. The predicted molar refractivity (Wildman–Crippen MR) is 76.7 cm³/mol. The van der Waals surface area contributed by atoms with E-state index in [-0.39, 0.29) is 0 Å². The van der Waals surface area contributed by atoms with E-state index in [1.807, 2.05) is 0 Å². The summed E-state index contributed by atoms with van der Waals surface area (Å²) in [5.74, 6) is 0. The van der Waals surface area contributed by atoms with Gasteiger partial charge in [-0.15, -0.1) is 0 Å². The molecule has 1 heterocycles. The Morgan fingerprint density at radius 3 is 2.72 bits per heavy atom. The molecule has 3 rings (SSSR count). The van der Waals surface area contributed by atoms with Crippen LogP contribution in [0.4, 0.5) is 0 Å². The van der Waals surface area contributed by atoms with Crippen LogP contribution in [-0.2, 0) is 4.74 Å². The molecule has 0 radical (unpaired) electrons. The van der Waals surface area contributed by atoms with Gasteiger partial charge in [0, 0.05) is 12.6 Å². The zero-order valence-electron chi connectivity index (χ0n) is 11.1. The van der Waals surface area contributed by atoms with Crippen molar-refractivity contribution >= 4 is 17.3 Å². The highest BCUT2D eigenvalue weighted by Crippen LogP contribution is 2.30. The lowest BCUT2D eigenvalue weighted by Crippen LogP contribution is -2.56. The van der Waals surface area contributed by atoms with Gasteiger partial charge in [0.2, 0.25) is 0 Å². The number of thiocarbonyl (C=S) groups is 1. The first-order chi connectivity index (χ1) is 8.84. The third-order valence-corrected chi connectivity index (χ3v) is 5.03. The van der Waals surface area contributed by atoms with Crippen molar-refractivity contribution in [3.8, 4) is 0 Å². The molecular formula is C14H24N2OS. The van der Waals surface area contributed by atoms with Crippen LogP contribution in [-0.4, -0.2) is 41.4 Å². The molecule has 0 aromatic heterocycles. The van der Waals surface area contributed by atoms with E-state index in [1.165, 1.54) is 51.4 Å². The topological polar surface area (TPSA) is 24.5 Å². The maximum absolute atomic E-state index is 5.84. The average Bonchev–Trinajstić information content (AvgIpc) is 2.87. The van der Waals surface area contributed by atoms with Gasteiger partial charge in [0.15, 0.2) is 5.11 Å². The summed E-state index contributed by atoms with van der Waals surface area (Å²) in [7, 11) is 0. The molecular weight excluding hydrogens is 244 g/mol. The number of nitrogens with zero attached hydrogens (tertiary/aromatic N) is 1. The Hall–Kier alpha value is -0.350. The van der Waals surface area contributed by atoms with Gasteiger partial charge in [0.1, 0.15) is 0 Å². The summed E-state index contributed by atoms with van der Waals surface area (Å²) in [6, 6.07) is 1.16. The van der Waals surface area contributed by atoms with E-state index in [0.717, 1.165) is 18.3 Å². The second-order valence-electron chi connectivity index (χ2n) is 5.89. The molecule has 2 unspecified atom stereocenters. The van der Waals surface area contributed by atoms with Crippen molar-refractivity contribution in [1.82, 2.24) is 10.2 Å². The zero-order chi connectivity index (χ0) is 12.4. The maximum Gasteiger partial charge on any atom is 0.169 e. The Morgan fingerprint density at radius 2 is 1.89 bits per heavy atom. The molecule has 2 aliphatic carbocycles. The largest absolute Gasteiger partial charge is 0.374 e. The minimum absolute atomic E-state index is 0.435. The van der Waals surface area contributed by atoms with Gasteiger partial charge in [-0.05, 0) is 44.3 Å². The molecule has 3 aliphatic rings. The smallest absolute Gasteiger partial charge is 0.169 e. The number of nitrogens with one attached hydrogen (secondary N) is 1. The molecule has 3 fully saturated rings. The van der Waals surface area contributed by atoms with Gasteiger partial charge in [0.05, 0.1) is 18.8 Å². The summed E-state index contributed by atoms with van der Waals surface area (Å²) < 4.78 is 5.84. The fraction of sp³-hybridized carbons (Fsp3) is 0.929. The Balaban J connectivity index is 1.57. The van der Waals surface area contributed by atoms with Crippen LogP contribution in [0, 0.1) is 0 Å². The number of rotatable bonds is 1. The third kappa shape index (κ3) is 2.64. The van der Waals surface area contributed by atoms with Gasteiger partial charge in [-0.1, -0.05) is 19.3 Å². The highest BCUT2D eigenvalue weighted by atomic mass is 32.1. The SMILES string of the molecule is S=C(NC1CCCCC1)N1CCOC2CCCC21. The van der Waals surface area contributed by atoms with Crippen molar-refractivity contribution in [3.63, 3.8) is 0 Å². The molecule has 0 aromatic rings. The Bertz CT molecular complexity index is 304. The predicted octanol–water partition coefficient (Wildman–Crippen LogP) is 2.45. The van der Waals surface area contributed by atoms with Crippen LogP contribution in [0.15, 0.2) is 0 Å². The molecule has 0 aromatic carbocycles. The minimum atomic E-state index is 0.435. The van der Waals surface area contributed by atoms with E-state index in [9.17, 15) is 0 Å². The number of fused-ring (bicyclic) bond motifs is 1. The molecule has 18 heavy (non-hydrogen) atoms. The van der Waals surface area contributed by atoms with Crippen LogP contribution in [0.5, 0.6) is 0 Å². The molecule has 1 N–H and O–H groups in total. The highest BCUT2D eigenvalue weighted by Gasteiger charge is 2.37. The first-order valence-corrected chi connectivity index (χ1v) is 7.94. The van der Waals surface area contributed by atoms with E-state index < -0.39 is 0 Å². The zero-order valence-corrected chi connectivity index (χ0v) is 11.9. The average molecular weight is 268 g/mol. The van der Waals surface area contributed by atoms with E-state index in [1.54, 1.807) is 0 Å². The molecule has 4 heteroatoms. The monoisotopic (exact) mass is 268 g/mol. The molecule has 102 valence electrons. The molecule has 3 nitrogen and oxygen atoms in total. The summed E-state index contributed by atoms with van der Waals surface area (Å²) >= 11 is 5.64. The summed E-state index contributed by atoms with van der Waals surface area (Å²) in [5.41, 5.74) is 0. The standard InChI is InChI=1S/C14H24N2OS/c18-14(15-11-5-2-1-3-6-11)16-9-10-17-13-8-4-7-12(13)16/h11-13H,1-10H2,(H,15,18). The lowest BCUT2D eigenvalue weighted by atomic mass is 9.96. The van der Waals surface area contributed by atoms with Gasteiger partial charge < -0.3 is 15.0 Å². The summed E-state index contributed by atoms with van der Waals surface area (Å²) in [6.07, 6.45) is 10.9. The second kappa shape index (κ2) is 5.74. The summed E-state index contributed by atoms with van der Waals surface area (Å²) in [6.45, 7) is 1.81. The van der Waals surface area contributed by atoms with Gasteiger partial charge >= 0.3 is 0 Å². The molecule has 0 amide bonds. The van der Waals surface area contributed by atoms with E-state index in [4.69, 9.17) is 17.0 Å². The normalized spacial score (nSPS) is 33.2. The minimum Gasteiger partial charge on any atom is -0.374 e. The van der Waals surface area contributed by atoms with Gasteiger partial charge in [-0.25, -0.2) is 0 Å². The van der Waals surface area contributed by atoms with Crippen LogP contribution >= 0.6 is 12.2 Å². The first-order valence-electron chi connectivity index (χ1n) is 7.53. The maximum atomic E-state index is 5.84. The van der Waals surface area contributed by atoms with Crippen molar-refractivity contribution in [2.45, 2.75) is 69.6 Å². The molecule has 1 saturated heterocycles. The number of hydrogen-bond acceptors (Lipinski definition) is 2. The first kappa shape index (κ1) is 12.7. The summed E-state index contributed by atoms with van der Waals surface area (Å²) in [5, 5.41) is 4.59. The molecule has 0 bridgehead atoms. The molecule has 2 saturated carbocycles. The van der Waals surface area contributed by atoms with Crippen LogP contribution < -0.4 is 5.32 Å². The fourth-order valence-electron chi connectivity index (χ4n) is 3.68. The lowest BCUT2D eigenvalue weighted by molar-refractivity contribution is -0.0298. The van der Waals surface area contributed by atoms with Gasteiger partial charge in [-0.3, -0.25) is 0 Å². The number of morpholine rings is 1. The third-order valence-electron chi connectivity index (χ3n) is 4.68. The van der Waals surface area contributed by atoms with E-state index in [0.29, 0.717) is 18.2 Å². The Labute approximate surface area is 115 Å². The van der Waals surface area contributed by atoms with Crippen LogP contribution in [0.2, 0.25) is 0 Å². The van der Waals surface area contributed by atoms with Crippen molar-refractivity contribution in [2.24, 2.45) is 0 Å². The van der Waals surface area contributed by atoms with Crippen molar-refractivity contribution in [2.75, 3.05) is 13.2 Å². The quantitative estimate of drug-likeness (QED) is 0.738. The Morgan fingerprint density at radius 1 is 1.06 bits per heavy atom. The van der Waals surface area contributed by atoms with Gasteiger partial charge in [-0.2, -0.15) is 0 Å². The number of hydrogen-bond donors (Lipinski definition) is 1. The molecule has 0 spiro atoms. The Kier molecular flexibility index (Phi) is 4.04. The van der Waals surface area contributed by atoms with Crippen molar-refractivity contribution in [1.29, 1.82) is 0 Å². The van der Waals surface area contributed by atoms with Crippen molar-refractivity contribution in [3.05, 3.63) is 0 Å². The van der Waals surface area contributed by atoms with Crippen LogP contribution in [0.1, 0.15) is 51.4 Å². The molecule has 1 aliphatic heterocycles.